The first-order valence-corrected chi connectivity index (χ1v) is 14.8. The molecule has 3 aromatic carbocycles. The summed E-state index contributed by atoms with van der Waals surface area (Å²) in [6.45, 7) is 1.85. The van der Waals surface area contributed by atoms with Crippen molar-refractivity contribution in [1.29, 1.82) is 0 Å². The molecule has 0 unspecified atom stereocenters. The van der Waals surface area contributed by atoms with Gasteiger partial charge in [-0.3, -0.25) is 9.59 Å². The van der Waals surface area contributed by atoms with E-state index in [1.807, 2.05) is 25.1 Å². The number of benzene rings is 3. The Balaban J connectivity index is 1.31. The van der Waals surface area contributed by atoms with Crippen molar-refractivity contribution in [1.82, 2.24) is 10.0 Å². The Morgan fingerprint density at radius 2 is 1.62 bits per heavy atom. The van der Waals surface area contributed by atoms with Crippen LogP contribution in [-0.4, -0.2) is 37.5 Å². The second-order valence-corrected chi connectivity index (χ2v) is 12.0. The fraction of sp³-hybridized carbons (Fsp3) is 0.333. The number of carboxylic acid groups (broad SMARTS) is 1. The van der Waals surface area contributed by atoms with Gasteiger partial charge in [-0.15, -0.1) is 0 Å². The molecule has 1 saturated carbocycles. The van der Waals surface area contributed by atoms with Crippen molar-refractivity contribution in [2.24, 2.45) is 11.7 Å². The van der Waals surface area contributed by atoms with Crippen LogP contribution in [0.15, 0.2) is 77.7 Å². The minimum Gasteiger partial charge on any atom is -0.480 e. The molecule has 0 bridgehead atoms. The number of amides is 1. The summed E-state index contributed by atoms with van der Waals surface area (Å²) in [5.74, 6) is -1.68. The summed E-state index contributed by atoms with van der Waals surface area (Å²) in [5, 5.41) is 12.0. The van der Waals surface area contributed by atoms with Gasteiger partial charge in [0.05, 0.1) is 10.9 Å². The lowest BCUT2D eigenvalue weighted by molar-refractivity contribution is -0.138. The maximum atomic E-state index is 13.2. The molecule has 4 rings (SSSR count). The van der Waals surface area contributed by atoms with E-state index in [9.17, 15) is 22.4 Å². The maximum absolute atomic E-state index is 13.2. The molecule has 3 aromatic rings. The molecule has 1 aliphatic carbocycles. The molecule has 2 atom stereocenters. The largest absolute Gasteiger partial charge is 0.480 e. The van der Waals surface area contributed by atoms with Crippen molar-refractivity contribution in [2.75, 3.05) is 0 Å². The number of sulfonamides is 1. The van der Waals surface area contributed by atoms with E-state index in [4.69, 9.17) is 10.8 Å². The van der Waals surface area contributed by atoms with Gasteiger partial charge in [0, 0.05) is 12.0 Å². The van der Waals surface area contributed by atoms with Crippen LogP contribution in [0.5, 0.6) is 0 Å². The van der Waals surface area contributed by atoms with E-state index in [-0.39, 0.29) is 41.0 Å². The number of rotatable bonds is 10. The van der Waals surface area contributed by atoms with Crippen LogP contribution in [0.25, 0.3) is 11.1 Å². The second-order valence-electron chi connectivity index (χ2n) is 10.3. The monoisotopic (exact) mass is 567 g/mol. The topological polar surface area (TPSA) is 139 Å². The Kier molecular flexibility index (Phi) is 9.34. The molecule has 10 heteroatoms. The van der Waals surface area contributed by atoms with E-state index in [0.29, 0.717) is 25.7 Å². The third kappa shape index (κ3) is 7.53. The van der Waals surface area contributed by atoms with Crippen molar-refractivity contribution in [3.05, 3.63) is 89.7 Å². The van der Waals surface area contributed by atoms with Gasteiger partial charge in [-0.1, -0.05) is 48.5 Å². The van der Waals surface area contributed by atoms with Crippen molar-refractivity contribution < 1.29 is 27.5 Å². The van der Waals surface area contributed by atoms with Gasteiger partial charge in [0.1, 0.15) is 11.9 Å². The Bertz CT molecular complexity index is 1440. The van der Waals surface area contributed by atoms with Crippen molar-refractivity contribution >= 4 is 21.9 Å². The standard InChI is InChI=1S/C30H34FN3O5S/c1-19(21-5-11-25(31)12-6-21)33-29(35)23-7-13-26(14-8-23)34-40(38,39)27-15-9-22(10-16-27)24-4-2-3-20(17-24)18-28(32)30(36)37/h2-6,9-12,15-17,19,23,26,28,34H,7-8,13-14,18,32H2,1H3,(H,33,35)(H,36,37)/t19-,23?,26?,28-/m1/s1. The number of nitrogens with two attached hydrogens (primary N) is 1. The molecule has 212 valence electrons. The summed E-state index contributed by atoms with van der Waals surface area (Å²) in [6.07, 6.45) is 2.42. The van der Waals surface area contributed by atoms with E-state index in [0.717, 1.165) is 22.3 Å². The summed E-state index contributed by atoms with van der Waals surface area (Å²) < 4.78 is 42.0. The summed E-state index contributed by atoms with van der Waals surface area (Å²) in [6, 6.07) is 18.4. The normalized spacial score (nSPS) is 19.0. The van der Waals surface area contributed by atoms with Gasteiger partial charge in [-0.25, -0.2) is 17.5 Å². The molecular weight excluding hydrogens is 533 g/mol. The third-order valence-electron chi connectivity index (χ3n) is 7.35. The first-order valence-electron chi connectivity index (χ1n) is 13.3. The quantitative estimate of drug-likeness (QED) is 0.290. The van der Waals surface area contributed by atoms with Gasteiger partial charge in [-0.2, -0.15) is 0 Å². The molecular formula is C30H34FN3O5S. The number of hydrogen-bond acceptors (Lipinski definition) is 5. The molecule has 40 heavy (non-hydrogen) atoms. The van der Waals surface area contributed by atoms with Crippen LogP contribution in [0.1, 0.15) is 49.8 Å². The van der Waals surface area contributed by atoms with E-state index >= 15 is 0 Å². The zero-order valence-electron chi connectivity index (χ0n) is 22.2. The van der Waals surface area contributed by atoms with Gasteiger partial charge < -0.3 is 16.2 Å². The van der Waals surface area contributed by atoms with Crippen LogP contribution in [0.4, 0.5) is 4.39 Å². The van der Waals surface area contributed by atoms with Crippen molar-refractivity contribution in [2.45, 2.75) is 62.0 Å². The van der Waals surface area contributed by atoms with Gasteiger partial charge >= 0.3 is 5.97 Å². The lowest BCUT2D eigenvalue weighted by Gasteiger charge is -2.29. The Morgan fingerprint density at radius 1 is 0.975 bits per heavy atom. The van der Waals surface area contributed by atoms with Crippen LogP contribution < -0.4 is 15.8 Å². The lowest BCUT2D eigenvalue weighted by Crippen LogP contribution is -2.41. The molecule has 1 amide bonds. The lowest BCUT2D eigenvalue weighted by atomic mass is 9.85. The molecule has 5 N–H and O–H groups in total. The van der Waals surface area contributed by atoms with Crippen LogP contribution in [0.3, 0.4) is 0 Å². The number of aliphatic carboxylic acids is 1. The summed E-state index contributed by atoms with van der Waals surface area (Å²) >= 11 is 0. The predicted molar refractivity (Wildman–Crippen MR) is 150 cm³/mol. The van der Waals surface area contributed by atoms with Crippen molar-refractivity contribution in [3.63, 3.8) is 0 Å². The highest BCUT2D eigenvalue weighted by atomic mass is 32.2. The van der Waals surface area contributed by atoms with E-state index in [1.165, 1.54) is 12.1 Å². The Hall–Kier alpha value is -3.60. The highest BCUT2D eigenvalue weighted by Crippen LogP contribution is 2.28. The summed E-state index contributed by atoms with van der Waals surface area (Å²) in [7, 11) is -3.75. The average molecular weight is 568 g/mol. The predicted octanol–water partition coefficient (Wildman–Crippen LogP) is 4.16. The Labute approximate surface area is 233 Å². The zero-order valence-corrected chi connectivity index (χ0v) is 23.0. The SMILES string of the molecule is C[C@@H](NC(=O)C1CCC(NS(=O)(=O)c2ccc(-c3cccc(C[C@@H](N)C(=O)O)c3)cc2)CC1)c1ccc(F)cc1. The highest BCUT2D eigenvalue weighted by molar-refractivity contribution is 7.89. The first kappa shape index (κ1) is 29.4. The molecule has 0 heterocycles. The molecule has 0 saturated heterocycles. The Morgan fingerprint density at radius 3 is 2.25 bits per heavy atom. The minimum atomic E-state index is -3.75. The summed E-state index contributed by atoms with van der Waals surface area (Å²) in [5.41, 5.74) is 8.87. The number of carboxylic acids is 1. The molecule has 1 fully saturated rings. The van der Waals surface area contributed by atoms with E-state index in [2.05, 4.69) is 10.0 Å². The average Bonchev–Trinajstić information content (AvgIpc) is 2.93. The van der Waals surface area contributed by atoms with Crippen LogP contribution in [-0.2, 0) is 26.0 Å². The first-order chi connectivity index (χ1) is 19.0. The van der Waals surface area contributed by atoms with E-state index in [1.54, 1.807) is 42.5 Å². The smallest absolute Gasteiger partial charge is 0.320 e. The number of carbonyl (C=O) groups is 2. The molecule has 0 radical (unpaired) electrons. The van der Waals surface area contributed by atoms with Gasteiger partial charge in [0.25, 0.3) is 0 Å². The van der Waals surface area contributed by atoms with E-state index < -0.39 is 22.0 Å². The van der Waals surface area contributed by atoms with Crippen molar-refractivity contribution in [3.8, 4) is 11.1 Å². The molecule has 0 aromatic heterocycles. The number of carbonyl (C=O) groups excluding carboxylic acids is 1. The third-order valence-corrected chi connectivity index (χ3v) is 8.88. The van der Waals surface area contributed by atoms with Crippen LogP contribution >= 0.6 is 0 Å². The number of hydrogen-bond donors (Lipinski definition) is 4. The van der Waals surface area contributed by atoms with Gasteiger partial charge in [0.15, 0.2) is 0 Å². The number of halogens is 1. The van der Waals surface area contributed by atoms with Gasteiger partial charge in [-0.05, 0) is 85.5 Å². The summed E-state index contributed by atoms with van der Waals surface area (Å²) in [4.78, 5) is 24.0. The molecule has 0 spiro atoms. The fourth-order valence-electron chi connectivity index (χ4n) is 4.97. The zero-order chi connectivity index (χ0) is 28.9. The van der Waals surface area contributed by atoms with Gasteiger partial charge in [0.2, 0.25) is 15.9 Å². The molecule has 0 aliphatic heterocycles. The van der Waals surface area contributed by atoms with Crippen LogP contribution in [0.2, 0.25) is 0 Å². The highest BCUT2D eigenvalue weighted by Gasteiger charge is 2.30. The minimum absolute atomic E-state index is 0.0808. The van der Waals surface area contributed by atoms with Crippen LogP contribution in [0, 0.1) is 11.7 Å². The fourth-order valence-corrected chi connectivity index (χ4v) is 6.28. The number of nitrogens with one attached hydrogen (secondary N) is 2. The molecule has 1 aliphatic rings. The maximum Gasteiger partial charge on any atom is 0.320 e. The molecule has 8 nitrogen and oxygen atoms in total. The second kappa shape index (κ2) is 12.7.